The van der Waals surface area contributed by atoms with Crippen molar-refractivity contribution in [2.45, 2.75) is 19.8 Å². The number of anilines is 1. The molecule has 8 nitrogen and oxygen atoms in total. The van der Waals surface area contributed by atoms with Crippen molar-refractivity contribution in [2.24, 2.45) is 0 Å². The summed E-state index contributed by atoms with van der Waals surface area (Å²) >= 11 is 0.816. The van der Waals surface area contributed by atoms with Gasteiger partial charge in [0.05, 0.1) is 11.5 Å². The molecular formula is C28H26N2O6S. The van der Waals surface area contributed by atoms with E-state index in [2.05, 4.69) is 12.2 Å². The molecule has 2 aliphatic heterocycles. The smallest absolute Gasteiger partial charge is 0.294 e. The average molecular weight is 519 g/mol. The first kappa shape index (κ1) is 24.7. The standard InChI is InChI=1S/C28H26N2O6S/c1-2-3-12-34-22-10-8-18-6-4-5-7-20(18)21(22)16-25-27(32)30(28(33)37-25)17-26(31)29-19-9-11-23-24(15-19)36-14-13-35-23/h4-11,15-16H,2-3,12-14,17H2,1H3,(H,29,31)/b25-16-. The lowest BCUT2D eigenvalue weighted by molar-refractivity contribution is -0.127. The van der Waals surface area contributed by atoms with E-state index in [1.807, 2.05) is 36.4 Å². The largest absolute Gasteiger partial charge is 0.493 e. The number of amides is 3. The van der Waals surface area contributed by atoms with Crippen LogP contribution in [0.2, 0.25) is 0 Å². The lowest BCUT2D eigenvalue weighted by Gasteiger charge is -2.19. The lowest BCUT2D eigenvalue weighted by Crippen LogP contribution is -2.36. The first-order valence-corrected chi connectivity index (χ1v) is 12.9. The predicted molar refractivity (Wildman–Crippen MR) is 143 cm³/mol. The van der Waals surface area contributed by atoms with Gasteiger partial charge in [-0.2, -0.15) is 0 Å². The fourth-order valence-electron chi connectivity index (χ4n) is 4.11. The van der Waals surface area contributed by atoms with Crippen LogP contribution in [0.4, 0.5) is 10.5 Å². The van der Waals surface area contributed by atoms with E-state index in [1.54, 1.807) is 24.3 Å². The van der Waals surface area contributed by atoms with Gasteiger partial charge in [0.2, 0.25) is 5.91 Å². The number of fused-ring (bicyclic) bond motifs is 2. The highest BCUT2D eigenvalue weighted by Gasteiger charge is 2.36. The number of nitrogens with one attached hydrogen (secondary N) is 1. The van der Waals surface area contributed by atoms with Crippen molar-refractivity contribution in [1.82, 2.24) is 4.90 Å². The van der Waals surface area contributed by atoms with E-state index in [0.29, 0.717) is 42.8 Å². The summed E-state index contributed by atoms with van der Waals surface area (Å²) in [5, 5.41) is 4.13. The van der Waals surface area contributed by atoms with E-state index >= 15 is 0 Å². The number of unbranched alkanes of at least 4 members (excludes halogenated alkanes) is 1. The van der Waals surface area contributed by atoms with Gasteiger partial charge < -0.3 is 19.5 Å². The summed E-state index contributed by atoms with van der Waals surface area (Å²) < 4.78 is 17.0. The second-order valence-electron chi connectivity index (χ2n) is 8.57. The van der Waals surface area contributed by atoms with E-state index in [1.165, 1.54) is 0 Å². The Balaban J connectivity index is 1.34. The fourth-order valence-corrected chi connectivity index (χ4v) is 4.93. The first-order chi connectivity index (χ1) is 18.0. The summed E-state index contributed by atoms with van der Waals surface area (Å²) in [5.41, 5.74) is 1.22. The Bertz CT molecular complexity index is 1400. The molecule has 5 rings (SSSR count). The van der Waals surface area contributed by atoms with Crippen LogP contribution in [0.25, 0.3) is 16.8 Å². The molecule has 190 valence electrons. The van der Waals surface area contributed by atoms with Gasteiger partial charge in [0.25, 0.3) is 11.1 Å². The number of hydrogen-bond acceptors (Lipinski definition) is 7. The molecule has 1 fully saturated rings. The number of carbonyl (C=O) groups excluding carboxylic acids is 3. The number of rotatable bonds is 8. The van der Waals surface area contributed by atoms with Crippen LogP contribution in [-0.4, -0.2) is 48.3 Å². The maximum atomic E-state index is 13.2. The van der Waals surface area contributed by atoms with Crippen molar-refractivity contribution in [3.05, 3.63) is 65.1 Å². The van der Waals surface area contributed by atoms with Crippen LogP contribution in [0.1, 0.15) is 25.3 Å². The number of imide groups is 1. The highest BCUT2D eigenvalue weighted by Crippen LogP contribution is 2.37. The molecule has 0 unspecified atom stereocenters. The molecule has 0 radical (unpaired) electrons. The van der Waals surface area contributed by atoms with E-state index < -0.39 is 23.6 Å². The Morgan fingerprint density at radius 2 is 1.89 bits per heavy atom. The number of carbonyl (C=O) groups is 3. The molecule has 2 heterocycles. The molecule has 0 spiro atoms. The SMILES string of the molecule is CCCCOc1ccc2ccccc2c1/C=C1\SC(=O)N(CC(=O)Nc2ccc3c(c2)OCCO3)C1=O. The summed E-state index contributed by atoms with van der Waals surface area (Å²) in [6.45, 7) is 3.14. The molecule has 1 N–H and O–H groups in total. The quantitative estimate of drug-likeness (QED) is 0.312. The Kier molecular flexibility index (Phi) is 7.32. The van der Waals surface area contributed by atoms with Gasteiger partial charge in [-0.25, -0.2) is 0 Å². The van der Waals surface area contributed by atoms with Crippen LogP contribution in [0.3, 0.4) is 0 Å². The normalized spacial score (nSPS) is 15.9. The highest BCUT2D eigenvalue weighted by atomic mass is 32.2. The maximum absolute atomic E-state index is 13.2. The van der Waals surface area contributed by atoms with E-state index in [4.69, 9.17) is 14.2 Å². The Morgan fingerprint density at radius 3 is 2.73 bits per heavy atom. The third kappa shape index (κ3) is 5.41. The van der Waals surface area contributed by atoms with Gasteiger partial charge in [0.15, 0.2) is 11.5 Å². The van der Waals surface area contributed by atoms with Crippen molar-refractivity contribution in [3.63, 3.8) is 0 Å². The van der Waals surface area contributed by atoms with Gasteiger partial charge in [0.1, 0.15) is 25.5 Å². The van der Waals surface area contributed by atoms with Gasteiger partial charge >= 0.3 is 0 Å². The fraction of sp³-hybridized carbons (Fsp3) is 0.250. The summed E-state index contributed by atoms with van der Waals surface area (Å²) in [7, 11) is 0. The van der Waals surface area contributed by atoms with Crippen LogP contribution in [-0.2, 0) is 9.59 Å². The van der Waals surface area contributed by atoms with Gasteiger partial charge in [-0.1, -0.05) is 43.7 Å². The number of benzene rings is 3. The molecule has 37 heavy (non-hydrogen) atoms. The molecule has 0 aromatic heterocycles. The Labute approximate surface area is 218 Å². The van der Waals surface area contributed by atoms with Gasteiger partial charge in [-0.15, -0.1) is 0 Å². The van der Waals surface area contributed by atoms with Crippen molar-refractivity contribution in [3.8, 4) is 17.2 Å². The highest BCUT2D eigenvalue weighted by molar-refractivity contribution is 8.18. The average Bonchev–Trinajstić information content (AvgIpc) is 3.17. The summed E-state index contributed by atoms with van der Waals surface area (Å²) in [4.78, 5) is 39.8. The van der Waals surface area contributed by atoms with Crippen molar-refractivity contribution < 1.29 is 28.6 Å². The topological polar surface area (TPSA) is 94.2 Å². The van der Waals surface area contributed by atoms with E-state index in [-0.39, 0.29) is 4.91 Å². The number of nitrogens with zero attached hydrogens (tertiary/aromatic N) is 1. The second kappa shape index (κ2) is 11.0. The van der Waals surface area contributed by atoms with Gasteiger partial charge in [-0.3, -0.25) is 19.3 Å². The number of ether oxygens (including phenoxy) is 3. The maximum Gasteiger partial charge on any atom is 0.294 e. The molecule has 9 heteroatoms. The van der Waals surface area contributed by atoms with Crippen LogP contribution in [0.15, 0.2) is 59.5 Å². The van der Waals surface area contributed by atoms with Crippen molar-refractivity contribution in [2.75, 3.05) is 31.7 Å². The summed E-state index contributed by atoms with van der Waals surface area (Å²) in [6, 6.07) is 16.7. The molecule has 1 saturated heterocycles. The van der Waals surface area contributed by atoms with Crippen LogP contribution in [0.5, 0.6) is 17.2 Å². The third-order valence-corrected chi connectivity index (χ3v) is 6.87. The molecule has 0 atom stereocenters. The van der Waals surface area contributed by atoms with Crippen LogP contribution < -0.4 is 19.5 Å². The number of hydrogen-bond donors (Lipinski definition) is 1. The summed E-state index contributed by atoms with van der Waals surface area (Å²) in [5.74, 6) is 0.779. The monoisotopic (exact) mass is 518 g/mol. The van der Waals surface area contributed by atoms with Crippen molar-refractivity contribution in [1.29, 1.82) is 0 Å². The first-order valence-electron chi connectivity index (χ1n) is 12.1. The molecular weight excluding hydrogens is 492 g/mol. The molecule has 3 aromatic carbocycles. The molecule has 3 amide bonds. The zero-order valence-corrected chi connectivity index (χ0v) is 21.1. The zero-order valence-electron chi connectivity index (χ0n) is 20.3. The third-order valence-electron chi connectivity index (χ3n) is 5.96. The molecule has 2 aliphatic rings. The minimum absolute atomic E-state index is 0.244. The molecule has 0 saturated carbocycles. The molecule has 0 bridgehead atoms. The van der Waals surface area contributed by atoms with Crippen LogP contribution >= 0.6 is 11.8 Å². The van der Waals surface area contributed by atoms with Gasteiger partial charge in [0, 0.05) is 17.3 Å². The van der Waals surface area contributed by atoms with Crippen molar-refractivity contribution >= 4 is 51.4 Å². The Morgan fingerprint density at radius 1 is 1.08 bits per heavy atom. The van der Waals surface area contributed by atoms with E-state index in [9.17, 15) is 14.4 Å². The second-order valence-corrected chi connectivity index (χ2v) is 9.57. The molecule has 0 aliphatic carbocycles. The minimum Gasteiger partial charge on any atom is -0.493 e. The zero-order chi connectivity index (χ0) is 25.8. The summed E-state index contributed by atoms with van der Waals surface area (Å²) in [6.07, 6.45) is 3.59. The number of thioether (sulfide) groups is 1. The predicted octanol–water partition coefficient (Wildman–Crippen LogP) is 5.46. The molecule has 3 aromatic rings. The van der Waals surface area contributed by atoms with Gasteiger partial charge in [-0.05, 0) is 53.2 Å². The van der Waals surface area contributed by atoms with Crippen LogP contribution in [0, 0.1) is 0 Å². The Hall–Kier alpha value is -3.98. The lowest BCUT2D eigenvalue weighted by atomic mass is 10.0. The van der Waals surface area contributed by atoms with E-state index in [0.717, 1.165) is 45.8 Å². The minimum atomic E-state index is -0.514.